The van der Waals surface area contributed by atoms with Gasteiger partial charge in [-0.2, -0.15) is 11.8 Å². The van der Waals surface area contributed by atoms with Crippen LogP contribution in [0.25, 0.3) is 0 Å². The standard InChI is InChI=1S/C16H30F2O2S/c1-5-7-15(19)20-12-16(3,4)21-11-10-13(2)8-6-9-14(17)18/h13-14H,5-12H2,1-4H3. The number of hydrogen-bond acceptors (Lipinski definition) is 3. The lowest BCUT2D eigenvalue weighted by Gasteiger charge is -2.24. The molecule has 0 aromatic rings. The summed E-state index contributed by atoms with van der Waals surface area (Å²) in [7, 11) is 0. The monoisotopic (exact) mass is 324 g/mol. The van der Waals surface area contributed by atoms with Gasteiger partial charge in [0.25, 0.3) is 0 Å². The van der Waals surface area contributed by atoms with Crippen molar-refractivity contribution < 1.29 is 18.3 Å². The van der Waals surface area contributed by atoms with E-state index in [1.165, 1.54) is 0 Å². The summed E-state index contributed by atoms with van der Waals surface area (Å²) in [4.78, 5) is 11.4. The van der Waals surface area contributed by atoms with Gasteiger partial charge in [0.05, 0.1) is 0 Å². The molecule has 0 rings (SSSR count). The minimum atomic E-state index is -2.18. The van der Waals surface area contributed by atoms with Crippen LogP contribution in [0.15, 0.2) is 0 Å². The van der Waals surface area contributed by atoms with Crippen LogP contribution in [0.4, 0.5) is 8.78 Å². The fraction of sp³-hybridized carbons (Fsp3) is 0.938. The normalized spacial score (nSPS) is 13.5. The van der Waals surface area contributed by atoms with E-state index in [0.717, 1.165) is 25.0 Å². The lowest BCUT2D eigenvalue weighted by atomic mass is 10.0. The van der Waals surface area contributed by atoms with Crippen LogP contribution in [0.1, 0.15) is 66.2 Å². The number of rotatable bonds is 12. The minimum absolute atomic E-state index is 0.0103. The smallest absolute Gasteiger partial charge is 0.305 e. The molecule has 5 heteroatoms. The first-order valence-corrected chi connectivity index (χ1v) is 8.83. The summed E-state index contributed by atoms with van der Waals surface area (Å²) in [5.41, 5.74) is 0. The van der Waals surface area contributed by atoms with Crippen LogP contribution >= 0.6 is 11.8 Å². The molecule has 1 atom stereocenters. The summed E-state index contributed by atoms with van der Waals surface area (Å²) in [5, 5.41) is 0. The number of alkyl halides is 2. The van der Waals surface area contributed by atoms with E-state index < -0.39 is 6.43 Å². The van der Waals surface area contributed by atoms with Crippen LogP contribution in [0.2, 0.25) is 0 Å². The molecule has 0 aliphatic heterocycles. The predicted octanol–water partition coefficient (Wildman–Crippen LogP) is 5.30. The molecule has 1 unspecified atom stereocenters. The first-order valence-electron chi connectivity index (χ1n) is 7.84. The maximum absolute atomic E-state index is 12.1. The summed E-state index contributed by atoms with van der Waals surface area (Å²) in [6.07, 6.45) is 1.59. The number of esters is 1. The highest BCUT2D eigenvalue weighted by Crippen LogP contribution is 2.27. The van der Waals surface area contributed by atoms with Crippen LogP contribution in [0.5, 0.6) is 0 Å². The van der Waals surface area contributed by atoms with Crippen molar-refractivity contribution in [3.8, 4) is 0 Å². The van der Waals surface area contributed by atoms with Crippen LogP contribution in [-0.4, -0.2) is 29.5 Å². The predicted molar refractivity (Wildman–Crippen MR) is 86.0 cm³/mol. The van der Waals surface area contributed by atoms with Gasteiger partial charge < -0.3 is 4.74 Å². The van der Waals surface area contributed by atoms with Crippen molar-refractivity contribution in [1.29, 1.82) is 0 Å². The lowest BCUT2D eigenvalue weighted by molar-refractivity contribution is -0.144. The second-order valence-corrected chi connectivity index (χ2v) is 8.04. The minimum Gasteiger partial charge on any atom is -0.464 e. The van der Waals surface area contributed by atoms with Gasteiger partial charge in [-0.1, -0.05) is 20.3 Å². The van der Waals surface area contributed by atoms with E-state index in [1.54, 1.807) is 11.8 Å². The molecule has 0 aromatic carbocycles. The largest absolute Gasteiger partial charge is 0.464 e. The fourth-order valence-corrected chi connectivity index (χ4v) is 3.09. The number of halogens is 2. The SMILES string of the molecule is CCCC(=O)OCC(C)(C)SCCC(C)CCCC(F)F. The van der Waals surface area contributed by atoms with Gasteiger partial charge in [0, 0.05) is 17.6 Å². The molecule has 0 aliphatic rings. The van der Waals surface area contributed by atoms with E-state index in [9.17, 15) is 13.6 Å². The van der Waals surface area contributed by atoms with Crippen molar-refractivity contribution in [1.82, 2.24) is 0 Å². The third-order valence-electron chi connectivity index (χ3n) is 3.26. The average Bonchev–Trinajstić information content (AvgIpc) is 2.36. The van der Waals surface area contributed by atoms with Gasteiger partial charge in [0.2, 0.25) is 6.43 Å². The highest BCUT2D eigenvalue weighted by molar-refractivity contribution is 8.00. The quantitative estimate of drug-likeness (QED) is 0.455. The molecule has 0 saturated heterocycles. The van der Waals surface area contributed by atoms with Crippen LogP contribution in [0, 0.1) is 5.92 Å². The maximum atomic E-state index is 12.1. The zero-order chi connectivity index (χ0) is 16.3. The third kappa shape index (κ3) is 13.1. The van der Waals surface area contributed by atoms with Crippen LogP contribution in [0.3, 0.4) is 0 Å². The molecule has 0 amide bonds. The maximum Gasteiger partial charge on any atom is 0.305 e. The zero-order valence-electron chi connectivity index (χ0n) is 13.8. The van der Waals surface area contributed by atoms with E-state index in [-0.39, 0.29) is 17.1 Å². The number of carbonyl (C=O) groups excluding carboxylic acids is 1. The Morgan fingerprint density at radius 2 is 1.90 bits per heavy atom. The van der Waals surface area contributed by atoms with Gasteiger partial charge in [0.15, 0.2) is 0 Å². The molecule has 0 fully saturated rings. The summed E-state index contributed by atoms with van der Waals surface area (Å²) in [5.74, 6) is 1.30. The molecule has 0 N–H and O–H groups in total. The Kier molecular flexibility index (Phi) is 11.1. The molecule has 0 spiro atoms. The average molecular weight is 324 g/mol. The zero-order valence-corrected chi connectivity index (χ0v) is 14.6. The van der Waals surface area contributed by atoms with Crippen molar-refractivity contribution in [3.05, 3.63) is 0 Å². The lowest BCUT2D eigenvalue weighted by Crippen LogP contribution is -2.25. The Morgan fingerprint density at radius 3 is 2.48 bits per heavy atom. The molecule has 0 heterocycles. The Bertz CT molecular complexity index is 283. The summed E-state index contributed by atoms with van der Waals surface area (Å²) in [6, 6.07) is 0. The highest BCUT2D eigenvalue weighted by Gasteiger charge is 2.21. The molecule has 2 nitrogen and oxygen atoms in total. The number of hydrogen-bond donors (Lipinski definition) is 0. The van der Waals surface area contributed by atoms with Gasteiger partial charge in [-0.25, -0.2) is 8.78 Å². The third-order valence-corrected chi connectivity index (χ3v) is 4.60. The summed E-state index contributed by atoms with van der Waals surface area (Å²) >= 11 is 1.78. The van der Waals surface area contributed by atoms with Crippen LogP contribution < -0.4 is 0 Å². The second-order valence-electron chi connectivity index (χ2n) is 6.23. The molecular weight excluding hydrogens is 294 g/mol. The van der Waals surface area contributed by atoms with Crippen molar-refractivity contribution in [3.63, 3.8) is 0 Å². The molecule has 126 valence electrons. The van der Waals surface area contributed by atoms with Gasteiger partial charge in [0.1, 0.15) is 6.61 Å². The first-order chi connectivity index (χ1) is 9.76. The van der Waals surface area contributed by atoms with Crippen molar-refractivity contribution in [2.45, 2.75) is 77.4 Å². The fourth-order valence-electron chi connectivity index (χ4n) is 1.87. The molecule has 0 aromatic heterocycles. The molecule has 0 radical (unpaired) electrons. The number of thioether (sulfide) groups is 1. The van der Waals surface area contributed by atoms with Gasteiger partial charge in [-0.05, 0) is 44.8 Å². The Balaban J connectivity index is 3.74. The molecule has 21 heavy (non-hydrogen) atoms. The van der Waals surface area contributed by atoms with E-state index in [0.29, 0.717) is 25.4 Å². The highest BCUT2D eigenvalue weighted by atomic mass is 32.2. The van der Waals surface area contributed by atoms with Crippen molar-refractivity contribution in [2.24, 2.45) is 5.92 Å². The number of ether oxygens (including phenoxy) is 1. The van der Waals surface area contributed by atoms with Gasteiger partial charge in [-0.15, -0.1) is 0 Å². The summed E-state index contributed by atoms with van der Waals surface area (Å²) in [6.45, 7) is 8.63. The van der Waals surface area contributed by atoms with E-state index in [2.05, 4.69) is 20.8 Å². The van der Waals surface area contributed by atoms with Gasteiger partial charge in [-0.3, -0.25) is 4.79 Å². The molecule has 0 saturated carbocycles. The Labute approximate surface area is 132 Å². The van der Waals surface area contributed by atoms with Crippen LogP contribution in [-0.2, 0) is 9.53 Å². The van der Waals surface area contributed by atoms with E-state index in [1.807, 2.05) is 6.92 Å². The number of carbonyl (C=O) groups is 1. The first kappa shape index (κ1) is 20.7. The topological polar surface area (TPSA) is 26.3 Å². The van der Waals surface area contributed by atoms with Crippen molar-refractivity contribution >= 4 is 17.7 Å². The summed E-state index contributed by atoms with van der Waals surface area (Å²) < 4.78 is 29.3. The van der Waals surface area contributed by atoms with E-state index in [4.69, 9.17) is 4.74 Å². The molecule has 0 aliphatic carbocycles. The van der Waals surface area contributed by atoms with Gasteiger partial charge >= 0.3 is 5.97 Å². The second kappa shape index (κ2) is 11.3. The molecular formula is C16H30F2O2S. The van der Waals surface area contributed by atoms with Crippen molar-refractivity contribution in [2.75, 3.05) is 12.4 Å². The molecule has 0 bridgehead atoms. The van der Waals surface area contributed by atoms with E-state index >= 15 is 0 Å². The Morgan fingerprint density at radius 1 is 1.24 bits per heavy atom. The Hall–Kier alpha value is -0.320.